The number of nitrogens with two attached hydrogens (primary N) is 1. The van der Waals surface area contributed by atoms with Crippen LogP contribution in [0.2, 0.25) is 0 Å². The highest BCUT2D eigenvalue weighted by Crippen LogP contribution is 2.27. The maximum Gasteiger partial charge on any atom is 0.417 e. The first-order valence-corrected chi connectivity index (χ1v) is 6.64. The topological polar surface area (TPSA) is 84.0 Å². The van der Waals surface area contributed by atoms with Crippen LogP contribution in [-0.2, 0) is 0 Å². The summed E-state index contributed by atoms with van der Waals surface area (Å²) in [6.45, 7) is 0. The summed E-state index contributed by atoms with van der Waals surface area (Å²) in [5.41, 5.74) is 9.20. The van der Waals surface area contributed by atoms with Gasteiger partial charge in [0.2, 0.25) is 0 Å². The molecule has 96 valence electrons. The third-order valence-corrected chi connectivity index (χ3v) is 3.37. The second-order valence-electron chi connectivity index (χ2n) is 4.09. The Kier molecular flexibility index (Phi) is 2.94. The lowest BCUT2D eigenvalue weighted by atomic mass is 10.2. The van der Waals surface area contributed by atoms with Crippen LogP contribution < -0.4 is 16.8 Å². The van der Waals surface area contributed by atoms with E-state index in [2.05, 4.69) is 32.9 Å². The van der Waals surface area contributed by atoms with Gasteiger partial charge >= 0.3 is 5.76 Å². The van der Waals surface area contributed by atoms with Crippen molar-refractivity contribution in [3.8, 4) is 0 Å². The molecule has 3 rings (SSSR count). The van der Waals surface area contributed by atoms with Gasteiger partial charge in [-0.3, -0.25) is 4.98 Å². The van der Waals surface area contributed by atoms with Crippen LogP contribution in [0.1, 0.15) is 0 Å². The van der Waals surface area contributed by atoms with Crippen LogP contribution in [0.4, 0.5) is 17.1 Å². The fourth-order valence-corrected chi connectivity index (χ4v) is 2.39. The molecule has 0 saturated carbocycles. The zero-order chi connectivity index (χ0) is 13.4. The second kappa shape index (κ2) is 4.61. The van der Waals surface area contributed by atoms with Crippen LogP contribution in [0.5, 0.6) is 0 Å². The van der Waals surface area contributed by atoms with Gasteiger partial charge in [0.25, 0.3) is 0 Å². The molecule has 4 N–H and O–H groups in total. The Morgan fingerprint density at radius 3 is 2.89 bits per heavy atom. The highest BCUT2D eigenvalue weighted by Gasteiger charge is 2.07. The molecule has 6 heteroatoms. The zero-order valence-electron chi connectivity index (χ0n) is 9.74. The number of hydrogen-bond donors (Lipinski definition) is 3. The molecule has 1 heterocycles. The average molecular weight is 367 g/mol. The molecule has 0 amide bonds. The number of aromatic amines is 1. The molecule has 0 aliphatic rings. The lowest BCUT2D eigenvalue weighted by molar-refractivity contribution is 0.555. The van der Waals surface area contributed by atoms with Crippen molar-refractivity contribution in [2.45, 2.75) is 0 Å². The van der Waals surface area contributed by atoms with Crippen molar-refractivity contribution in [1.29, 1.82) is 0 Å². The Hall–Kier alpha value is -1.96. The zero-order valence-corrected chi connectivity index (χ0v) is 11.9. The van der Waals surface area contributed by atoms with Crippen molar-refractivity contribution in [3.05, 3.63) is 50.5 Å². The molecule has 0 bridgehead atoms. The minimum Gasteiger partial charge on any atom is -0.408 e. The Bertz CT molecular complexity index is 807. The molecule has 0 saturated heterocycles. The number of aromatic nitrogens is 1. The lowest BCUT2D eigenvalue weighted by Crippen LogP contribution is -1.96. The minimum absolute atomic E-state index is 0.454. The van der Waals surface area contributed by atoms with E-state index in [1.165, 1.54) is 0 Å². The molecule has 2 aromatic carbocycles. The molecule has 3 aromatic rings. The van der Waals surface area contributed by atoms with E-state index >= 15 is 0 Å². The van der Waals surface area contributed by atoms with Crippen molar-refractivity contribution < 1.29 is 4.42 Å². The molecule has 0 atom stereocenters. The number of anilines is 3. The third kappa shape index (κ3) is 2.43. The molecule has 0 aliphatic carbocycles. The first-order valence-electron chi connectivity index (χ1n) is 5.57. The summed E-state index contributed by atoms with van der Waals surface area (Å²) in [6.07, 6.45) is 0. The van der Waals surface area contributed by atoms with Gasteiger partial charge in [0.05, 0.1) is 16.9 Å². The lowest BCUT2D eigenvalue weighted by Gasteiger charge is -2.09. The molecule has 19 heavy (non-hydrogen) atoms. The number of oxazole rings is 1. The molecule has 1 aromatic heterocycles. The Morgan fingerprint density at radius 1 is 1.26 bits per heavy atom. The summed E-state index contributed by atoms with van der Waals surface area (Å²) >= 11 is 2.24. The number of benzene rings is 2. The Labute approximate surface area is 121 Å². The predicted molar refractivity (Wildman–Crippen MR) is 83.7 cm³/mol. The van der Waals surface area contributed by atoms with E-state index in [0.717, 1.165) is 14.9 Å². The molecular weight excluding hydrogens is 357 g/mol. The van der Waals surface area contributed by atoms with Gasteiger partial charge in [-0.15, -0.1) is 0 Å². The summed E-state index contributed by atoms with van der Waals surface area (Å²) in [4.78, 5) is 13.7. The number of H-pyrrole nitrogens is 1. The SMILES string of the molecule is Nc1cc2oc(=O)[nH]c2cc1Nc1cccc(I)c1. The third-order valence-electron chi connectivity index (χ3n) is 2.69. The monoisotopic (exact) mass is 367 g/mol. The molecule has 0 unspecified atom stereocenters. The van der Waals surface area contributed by atoms with Crippen molar-refractivity contribution in [2.75, 3.05) is 11.1 Å². The first kappa shape index (κ1) is 12.1. The number of nitrogen functional groups attached to an aromatic ring is 1. The number of fused-ring (bicyclic) bond motifs is 1. The van der Waals surface area contributed by atoms with Crippen LogP contribution in [0.3, 0.4) is 0 Å². The predicted octanol–water partition coefficient (Wildman–Crippen LogP) is 3.05. The van der Waals surface area contributed by atoms with E-state index < -0.39 is 5.76 Å². The van der Waals surface area contributed by atoms with E-state index in [9.17, 15) is 4.79 Å². The molecule has 0 fully saturated rings. The van der Waals surface area contributed by atoms with E-state index in [1.54, 1.807) is 12.1 Å². The van der Waals surface area contributed by atoms with E-state index in [1.807, 2.05) is 24.3 Å². The fraction of sp³-hybridized carbons (Fsp3) is 0. The smallest absolute Gasteiger partial charge is 0.408 e. The van der Waals surface area contributed by atoms with E-state index in [4.69, 9.17) is 10.2 Å². The van der Waals surface area contributed by atoms with E-state index in [-0.39, 0.29) is 0 Å². The van der Waals surface area contributed by atoms with Gasteiger partial charge in [-0.25, -0.2) is 4.79 Å². The highest BCUT2D eigenvalue weighted by molar-refractivity contribution is 14.1. The van der Waals surface area contributed by atoms with Crippen molar-refractivity contribution in [2.24, 2.45) is 0 Å². The summed E-state index contributed by atoms with van der Waals surface area (Å²) in [6, 6.07) is 11.3. The van der Waals surface area contributed by atoms with Gasteiger partial charge in [-0.1, -0.05) is 6.07 Å². The summed E-state index contributed by atoms with van der Waals surface area (Å²) in [7, 11) is 0. The van der Waals surface area contributed by atoms with Gasteiger partial charge in [-0.05, 0) is 46.9 Å². The fourth-order valence-electron chi connectivity index (χ4n) is 1.84. The molecule has 5 nitrogen and oxygen atoms in total. The number of nitrogens with one attached hydrogen (secondary N) is 2. The summed E-state index contributed by atoms with van der Waals surface area (Å²) in [5, 5.41) is 3.22. The van der Waals surface area contributed by atoms with Gasteiger partial charge in [0.15, 0.2) is 5.58 Å². The highest BCUT2D eigenvalue weighted by atomic mass is 127. The van der Waals surface area contributed by atoms with Crippen LogP contribution >= 0.6 is 22.6 Å². The normalized spacial score (nSPS) is 10.8. The molecule has 0 radical (unpaired) electrons. The van der Waals surface area contributed by atoms with Crippen LogP contribution in [0, 0.1) is 3.57 Å². The summed E-state index contributed by atoms with van der Waals surface area (Å²) < 4.78 is 6.08. The van der Waals surface area contributed by atoms with Gasteiger partial charge in [0.1, 0.15) is 0 Å². The van der Waals surface area contributed by atoms with Crippen LogP contribution in [0.15, 0.2) is 45.6 Å². The maximum atomic E-state index is 11.1. The van der Waals surface area contributed by atoms with Crippen molar-refractivity contribution in [1.82, 2.24) is 4.98 Å². The van der Waals surface area contributed by atoms with Gasteiger partial charge < -0.3 is 15.5 Å². The quantitative estimate of drug-likeness (QED) is 0.480. The van der Waals surface area contributed by atoms with Crippen LogP contribution in [0.25, 0.3) is 11.1 Å². The van der Waals surface area contributed by atoms with Crippen LogP contribution in [-0.4, -0.2) is 4.98 Å². The average Bonchev–Trinajstić information content (AvgIpc) is 2.69. The largest absolute Gasteiger partial charge is 0.417 e. The number of hydrogen-bond acceptors (Lipinski definition) is 4. The molecule has 0 spiro atoms. The summed E-state index contributed by atoms with van der Waals surface area (Å²) in [5.74, 6) is -0.485. The number of rotatable bonds is 2. The second-order valence-corrected chi connectivity index (χ2v) is 5.33. The Morgan fingerprint density at radius 2 is 2.11 bits per heavy atom. The molecule has 0 aliphatic heterocycles. The van der Waals surface area contributed by atoms with Crippen molar-refractivity contribution in [3.63, 3.8) is 0 Å². The molecular formula is C13H10IN3O2. The minimum atomic E-state index is -0.485. The van der Waals surface area contributed by atoms with Crippen molar-refractivity contribution >= 4 is 50.8 Å². The van der Waals surface area contributed by atoms with Gasteiger partial charge in [-0.2, -0.15) is 0 Å². The van der Waals surface area contributed by atoms with Gasteiger partial charge in [0, 0.05) is 15.3 Å². The Balaban J connectivity index is 2.04. The van der Waals surface area contributed by atoms with E-state index in [0.29, 0.717) is 16.8 Å². The first-order chi connectivity index (χ1) is 9.11. The maximum absolute atomic E-state index is 11.1. The number of halogens is 1. The standard InChI is InChI=1S/C13H10IN3O2/c14-7-2-1-3-8(4-7)16-10-6-11-12(5-9(10)15)19-13(18)17-11/h1-6,16H,15H2,(H,17,18).